The molecule has 0 fully saturated rings. The molecular weight excluding hydrogens is 358 g/mol. The molecule has 0 aliphatic heterocycles. The van der Waals surface area contributed by atoms with Crippen LogP contribution in [0.3, 0.4) is 0 Å². The number of carbonyl (C=O) groups is 1. The number of para-hydroxylation sites is 1. The van der Waals surface area contributed by atoms with Gasteiger partial charge in [-0.05, 0) is 26.0 Å². The van der Waals surface area contributed by atoms with Gasteiger partial charge in [0.25, 0.3) is 5.91 Å². The lowest BCUT2D eigenvalue weighted by molar-refractivity contribution is 0.0741. The number of aromatic nitrogens is 2. The van der Waals surface area contributed by atoms with Crippen molar-refractivity contribution in [3.8, 4) is 11.3 Å². The molecule has 2 heterocycles. The zero-order valence-electron chi connectivity index (χ0n) is 15.3. The highest BCUT2D eigenvalue weighted by atomic mass is 32.1. The van der Waals surface area contributed by atoms with Gasteiger partial charge in [0.15, 0.2) is 0 Å². The van der Waals surface area contributed by atoms with Gasteiger partial charge in [-0.1, -0.05) is 47.6 Å². The van der Waals surface area contributed by atoms with Crippen molar-refractivity contribution in [2.24, 2.45) is 0 Å². The summed E-state index contributed by atoms with van der Waals surface area (Å²) in [6.45, 7) is 3.75. The molecule has 1 atom stereocenters. The molecular formula is C21H19N3O2S. The molecule has 0 radical (unpaired) electrons. The average molecular weight is 377 g/mol. The molecule has 0 unspecified atom stereocenters. The molecule has 0 spiro atoms. The molecule has 0 saturated carbocycles. The molecule has 4 aromatic rings. The number of benzene rings is 2. The van der Waals surface area contributed by atoms with E-state index in [9.17, 15) is 4.79 Å². The summed E-state index contributed by atoms with van der Waals surface area (Å²) in [7, 11) is 1.79. The molecule has 6 heteroatoms. The van der Waals surface area contributed by atoms with Crippen LogP contribution in [0.4, 0.5) is 0 Å². The zero-order chi connectivity index (χ0) is 19.0. The van der Waals surface area contributed by atoms with Crippen molar-refractivity contribution in [2.75, 3.05) is 7.05 Å². The summed E-state index contributed by atoms with van der Waals surface area (Å²) >= 11 is 1.61. The number of aryl methyl sites for hydroxylation is 1. The Hall–Kier alpha value is -2.99. The molecule has 0 N–H and O–H groups in total. The molecule has 5 nitrogen and oxygen atoms in total. The molecule has 2 aromatic heterocycles. The Morgan fingerprint density at radius 1 is 1.11 bits per heavy atom. The highest BCUT2D eigenvalue weighted by Crippen LogP contribution is 2.32. The first-order valence-corrected chi connectivity index (χ1v) is 9.52. The first kappa shape index (κ1) is 17.4. The van der Waals surface area contributed by atoms with Crippen LogP contribution in [0.25, 0.3) is 21.5 Å². The summed E-state index contributed by atoms with van der Waals surface area (Å²) in [4.78, 5) is 19.6. The van der Waals surface area contributed by atoms with E-state index in [0.717, 1.165) is 20.8 Å². The fourth-order valence-corrected chi connectivity index (χ4v) is 4.07. The predicted octanol–water partition coefficient (Wildman–Crippen LogP) is 5.09. The van der Waals surface area contributed by atoms with Gasteiger partial charge in [-0.15, -0.1) is 11.3 Å². The van der Waals surface area contributed by atoms with Crippen LogP contribution in [-0.4, -0.2) is 28.0 Å². The topological polar surface area (TPSA) is 59.2 Å². The average Bonchev–Trinajstić information content (AvgIpc) is 3.30. The minimum atomic E-state index is -0.159. The van der Waals surface area contributed by atoms with Crippen LogP contribution >= 0.6 is 11.3 Å². The summed E-state index contributed by atoms with van der Waals surface area (Å²) in [5, 5.41) is 5.03. The van der Waals surface area contributed by atoms with Crippen molar-refractivity contribution in [1.29, 1.82) is 0 Å². The third kappa shape index (κ3) is 3.13. The molecule has 4 rings (SSSR count). The number of hydrogen-bond donors (Lipinski definition) is 0. The van der Waals surface area contributed by atoms with E-state index in [1.165, 1.54) is 0 Å². The van der Waals surface area contributed by atoms with E-state index in [1.807, 2.05) is 61.5 Å². The van der Waals surface area contributed by atoms with Gasteiger partial charge in [-0.2, -0.15) is 0 Å². The summed E-state index contributed by atoms with van der Waals surface area (Å²) in [5.41, 5.74) is 2.88. The van der Waals surface area contributed by atoms with Crippen LogP contribution in [0, 0.1) is 6.92 Å². The third-order valence-electron chi connectivity index (χ3n) is 4.69. The number of rotatable bonds is 4. The Morgan fingerprint density at radius 2 is 1.81 bits per heavy atom. The van der Waals surface area contributed by atoms with Crippen LogP contribution in [0.2, 0.25) is 0 Å². The van der Waals surface area contributed by atoms with Crippen molar-refractivity contribution in [2.45, 2.75) is 19.9 Å². The van der Waals surface area contributed by atoms with Gasteiger partial charge in [-0.25, -0.2) is 4.98 Å². The summed E-state index contributed by atoms with van der Waals surface area (Å²) < 4.78 is 6.46. The van der Waals surface area contributed by atoms with Gasteiger partial charge >= 0.3 is 0 Å². The Balaban J connectivity index is 1.67. The first-order valence-electron chi connectivity index (χ1n) is 8.70. The van der Waals surface area contributed by atoms with Gasteiger partial charge in [0, 0.05) is 12.6 Å². The lowest BCUT2D eigenvalue weighted by Crippen LogP contribution is -2.30. The van der Waals surface area contributed by atoms with Crippen LogP contribution in [0.5, 0.6) is 0 Å². The van der Waals surface area contributed by atoms with Crippen molar-refractivity contribution in [1.82, 2.24) is 15.0 Å². The van der Waals surface area contributed by atoms with Crippen LogP contribution < -0.4 is 0 Å². The van der Waals surface area contributed by atoms with Gasteiger partial charge in [0.05, 0.1) is 16.3 Å². The second-order valence-electron chi connectivity index (χ2n) is 6.44. The maximum atomic E-state index is 13.3. The normalized spacial score (nSPS) is 12.3. The lowest BCUT2D eigenvalue weighted by atomic mass is 10.0. The summed E-state index contributed by atoms with van der Waals surface area (Å²) in [6, 6.07) is 17.4. The highest BCUT2D eigenvalue weighted by molar-refractivity contribution is 7.18. The largest absolute Gasteiger partial charge is 0.360 e. The number of hydrogen-bond acceptors (Lipinski definition) is 5. The first-order chi connectivity index (χ1) is 13.1. The fourth-order valence-electron chi connectivity index (χ4n) is 3.00. The second kappa shape index (κ2) is 6.96. The predicted molar refractivity (Wildman–Crippen MR) is 107 cm³/mol. The second-order valence-corrected chi connectivity index (χ2v) is 7.50. The SMILES string of the molecule is Cc1onc(-c2ccccc2)c1C(=O)N(C)[C@H](C)c1nc2ccccc2s1. The van der Waals surface area contributed by atoms with E-state index < -0.39 is 0 Å². The number of thiazole rings is 1. The zero-order valence-corrected chi connectivity index (χ0v) is 16.2. The van der Waals surface area contributed by atoms with Crippen LogP contribution in [-0.2, 0) is 0 Å². The molecule has 2 aromatic carbocycles. The Kier molecular flexibility index (Phi) is 4.49. The van der Waals surface area contributed by atoms with Crippen molar-refractivity contribution < 1.29 is 9.32 Å². The monoisotopic (exact) mass is 377 g/mol. The minimum Gasteiger partial charge on any atom is -0.360 e. The van der Waals surface area contributed by atoms with E-state index in [0.29, 0.717) is 17.0 Å². The third-order valence-corrected chi connectivity index (χ3v) is 5.90. The van der Waals surface area contributed by atoms with E-state index >= 15 is 0 Å². The van der Waals surface area contributed by atoms with Gasteiger partial charge < -0.3 is 9.42 Å². The van der Waals surface area contributed by atoms with E-state index in [-0.39, 0.29) is 11.9 Å². The fraction of sp³-hybridized carbons (Fsp3) is 0.190. The Labute approximate surface area is 161 Å². The summed E-state index contributed by atoms with van der Waals surface area (Å²) in [6.07, 6.45) is 0. The van der Waals surface area contributed by atoms with Crippen LogP contribution in [0.1, 0.15) is 34.1 Å². The van der Waals surface area contributed by atoms with Crippen LogP contribution in [0.15, 0.2) is 59.1 Å². The molecule has 0 aliphatic carbocycles. The van der Waals surface area contributed by atoms with E-state index in [1.54, 1.807) is 30.2 Å². The maximum absolute atomic E-state index is 13.3. The molecule has 0 aliphatic rings. The Morgan fingerprint density at radius 3 is 2.56 bits per heavy atom. The van der Waals surface area contributed by atoms with Gasteiger partial charge in [-0.3, -0.25) is 4.79 Å². The van der Waals surface area contributed by atoms with Crippen molar-refractivity contribution in [3.63, 3.8) is 0 Å². The summed E-state index contributed by atoms with van der Waals surface area (Å²) in [5.74, 6) is 0.390. The number of amides is 1. The van der Waals surface area contributed by atoms with E-state index in [2.05, 4.69) is 10.1 Å². The standard InChI is InChI=1S/C21H19N3O2S/c1-13(20-22-16-11-7-8-12-17(16)27-20)24(3)21(25)18-14(2)26-23-19(18)15-9-5-4-6-10-15/h4-13H,1-3H3/t13-/m1/s1. The number of nitrogens with zero attached hydrogens (tertiary/aromatic N) is 3. The quantitative estimate of drug-likeness (QED) is 0.497. The number of fused-ring (bicyclic) bond motifs is 1. The van der Waals surface area contributed by atoms with Crippen molar-refractivity contribution in [3.05, 3.63) is 70.9 Å². The highest BCUT2D eigenvalue weighted by Gasteiger charge is 2.28. The minimum absolute atomic E-state index is 0.126. The van der Waals surface area contributed by atoms with E-state index in [4.69, 9.17) is 4.52 Å². The smallest absolute Gasteiger partial charge is 0.260 e. The molecule has 1 amide bonds. The molecule has 0 saturated heterocycles. The number of carbonyl (C=O) groups excluding carboxylic acids is 1. The Bertz CT molecular complexity index is 1070. The van der Waals surface area contributed by atoms with Gasteiger partial charge in [0.2, 0.25) is 0 Å². The molecule has 136 valence electrons. The van der Waals surface area contributed by atoms with Crippen molar-refractivity contribution >= 4 is 27.5 Å². The van der Waals surface area contributed by atoms with Gasteiger partial charge in [0.1, 0.15) is 22.0 Å². The maximum Gasteiger partial charge on any atom is 0.260 e. The molecule has 27 heavy (non-hydrogen) atoms. The lowest BCUT2D eigenvalue weighted by Gasteiger charge is -2.23. The molecule has 0 bridgehead atoms.